The van der Waals surface area contributed by atoms with Gasteiger partial charge in [0.25, 0.3) is 0 Å². The van der Waals surface area contributed by atoms with Crippen molar-refractivity contribution in [2.24, 2.45) is 5.73 Å². The van der Waals surface area contributed by atoms with Crippen LogP contribution in [0.15, 0.2) is 6.33 Å². The highest BCUT2D eigenvalue weighted by atomic mass is 15.4. The van der Waals surface area contributed by atoms with E-state index < -0.39 is 0 Å². The summed E-state index contributed by atoms with van der Waals surface area (Å²) in [4.78, 5) is 7.04. The second kappa shape index (κ2) is 7.74. The number of hydrogen-bond acceptors (Lipinski definition) is 4. The van der Waals surface area contributed by atoms with Crippen LogP contribution in [0.2, 0.25) is 0 Å². The topological polar surface area (TPSA) is 60.0 Å². The van der Waals surface area contributed by atoms with Gasteiger partial charge >= 0.3 is 0 Å². The third kappa shape index (κ3) is 4.03. The summed E-state index contributed by atoms with van der Waals surface area (Å²) in [6, 6.07) is 1.07. The molecule has 0 radical (unpaired) electrons. The maximum atomic E-state index is 5.70. The first kappa shape index (κ1) is 15.4. The Balaban J connectivity index is 2.03. The van der Waals surface area contributed by atoms with Crippen LogP contribution >= 0.6 is 0 Å². The average Bonchev–Trinajstić information content (AvgIpc) is 2.92. The first-order chi connectivity index (χ1) is 9.72. The molecule has 5 heteroatoms. The molecule has 1 aromatic heterocycles. The summed E-state index contributed by atoms with van der Waals surface area (Å²) in [5.41, 5.74) is 5.70. The van der Waals surface area contributed by atoms with Crippen molar-refractivity contribution >= 4 is 0 Å². The summed E-state index contributed by atoms with van der Waals surface area (Å²) in [5, 5.41) is 4.35. The largest absolute Gasteiger partial charge is 0.330 e. The molecule has 0 spiro atoms. The molecule has 1 aromatic rings. The molecule has 2 rings (SSSR count). The van der Waals surface area contributed by atoms with E-state index in [1.807, 2.05) is 4.68 Å². The Morgan fingerprint density at radius 3 is 2.75 bits per heavy atom. The molecule has 0 bridgehead atoms. The lowest BCUT2D eigenvalue weighted by molar-refractivity contribution is 0.140. The second-order valence-corrected chi connectivity index (χ2v) is 6.12. The van der Waals surface area contributed by atoms with E-state index in [9.17, 15) is 0 Å². The fourth-order valence-corrected chi connectivity index (χ4v) is 3.13. The van der Waals surface area contributed by atoms with Gasteiger partial charge in [0.1, 0.15) is 12.2 Å². The summed E-state index contributed by atoms with van der Waals surface area (Å²) >= 11 is 0. The zero-order valence-corrected chi connectivity index (χ0v) is 13.0. The SMILES string of the molecule is CC(C)n1ncnc1CN(CCCN)C1CCCCC1. The van der Waals surface area contributed by atoms with Crippen LogP contribution in [0.3, 0.4) is 0 Å². The van der Waals surface area contributed by atoms with Gasteiger partial charge in [-0.1, -0.05) is 19.3 Å². The number of rotatable bonds is 7. The Morgan fingerprint density at radius 1 is 1.35 bits per heavy atom. The lowest BCUT2D eigenvalue weighted by Gasteiger charge is -2.34. The minimum absolute atomic E-state index is 0.371. The number of nitrogens with zero attached hydrogens (tertiary/aromatic N) is 4. The highest BCUT2D eigenvalue weighted by molar-refractivity contribution is 4.89. The van der Waals surface area contributed by atoms with Crippen LogP contribution in [-0.4, -0.2) is 38.8 Å². The summed E-state index contributed by atoms with van der Waals surface area (Å²) in [6.45, 7) is 7.06. The minimum Gasteiger partial charge on any atom is -0.330 e. The van der Waals surface area contributed by atoms with Crippen molar-refractivity contribution in [3.63, 3.8) is 0 Å². The molecular formula is C15H29N5. The average molecular weight is 279 g/mol. The van der Waals surface area contributed by atoms with Gasteiger partial charge in [0.15, 0.2) is 0 Å². The summed E-state index contributed by atoms with van der Waals surface area (Å²) in [7, 11) is 0. The predicted molar refractivity (Wildman–Crippen MR) is 81.4 cm³/mol. The molecule has 0 saturated heterocycles. The Hall–Kier alpha value is -0.940. The van der Waals surface area contributed by atoms with Gasteiger partial charge in [-0.05, 0) is 39.7 Å². The van der Waals surface area contributed by atoms with E-state index in [1.165, 1.54) is 32.1 Å². The van der Waals surface area contributed by atoms with Crippen molar-refractivity contribution in [3.05, 3.63) is 12.2 Å². The van der Waals surface area contributed by atoms with Crippen molar-refractivity contribution in [1.82, 2.24) is 19.7 Å². The van der Waals surface area contributed by atoms with E-state index in [0.29, 0.717) is 12.1 Å². The van der Waals surface area contributed by atoms with Gasteiger partial charge in [-0.2, -0.15) is 5.10 Å². The standard InChI is InChI=1S/C15H29N5/c1-13(2)20-15(17-12-18-20)11-19(10-6-9-16)14-7-4-3-5-8-14/h12-14H,3-11,16H2,1-2H3. The number of hydrogen-bond donors (Lipinski definition) is 1. The molecule has 2 N–H and O–H groups in total. The second-order valence-electron chi connectivity index (χ2n) is 6.12. The molecule has 0 aliphatic heterocycles. The van der Waals surface area contributed by atoms with Gasteiger partial charge in [0, 0.05) is 18.6 Å². The first-order valence-corrected chi connectivity index (χ1v) is 8.05. The van der Waals surface area contributed by atoms with Gasteiger partial charge < -0.3 is 5.73 Å². The smallest absolute Gasteiger partial charge is 0.141 e. The van der Waals surface area contributed by atoms with Crippen LogP contribution in [0.4, 0.5) is 0 Å². The van der Waals surface area contributed by atoms with Crippen LogP contribution in [0, 0.1) is 0 Å². The van der Waals surface area contributed by atoms with Gasteiger partial charge in [0.2, 0.25) is 0 Å². The first-order valence-electron chi connectivity index (χ1n) is 8.05. The summed E-state index contributed by atoms with van der Waals surface area (Å²) in [5.74, 6) is 1.09. The zero-order valence-electron chi connectivity index (χ0n) is 13.0. The zero-order chi connectivity index (χ0) is 14.4. The molecule has 1 saturated carbocycles. The van der Waals surface area contributed by atoms with Gasteiger partial charge in [-0.15, -0.1) is 0 Å². The van der Waals surface area contributed by atoms with E-state index in [0.717, 1.165) is 31.9 Å². The maximum absolute atomic E-state index is 5.70. The van der Waals surface area contributed by atoms with Crippen LogP contribution in [0.5, 0.6) is 0 Å². The van der Waals surface area contributed by atoms with E-state index in [2.05, 4.69) is 28.8 Å². The predicted octanol–water partition coefficient (Wildman–Crippen LogP) is 2.34. The summed E-state index contributed by atoms with van der Waals surface area (Å²) in [6.07, 6.45) is 9.50. The number of nitrogens with two attached hydrogens (primary N) is 1. The number of aromatic nitrogens is 3. The highest BCUT2D eigenvalue weighted by Gasteiger charge is 2.22. The fraction of sp³-hybridized carbons (Fsp3) is 0.867. The van der Waals surface area contributed by atoms with E-state index in [-0.39, 0.29) is 0 Å². The van der Waals surface area contributed by atoms with Gasteiger partial charge in [-0.3, -0.25) is 4.90 Å². The molecule has 1 heterocycles. The normalized spacial score (nSPS) is 17.2. The monoisotopic (exact) mass is 279 g/mol. The fourth-order valence-electron chi connectivity index (χ4n) is 3.13. The Bertz CT molecular complexity index is 381. The molecule has 5 nitrogen and oxygen atoms in total. The maximum Gasteiger partial charge on any atom is 0.141 e. The van der Waals surface area contributed by atoms with Crippen molar-refractivity contribution < 1.29 is 0 Å². The highest BCUT2D eigenvalue weighted by Crippen LogP contribution is 2.24. The van der Waals surface area contributed by atoms with E-state index in [1.54, 1.807) is 6.33 Å². The molecule has 1 fully saturated rings. The molecule has 20 heavy (non-hydrogen) atoms. The third-order valence-electron chi connectivity index (χ3n) is 4.22. The van der Waals surface area contributed by atoms with Gasteiger partial charge in [0.05, 0.1) is 6.54 Å². The van der Waals surface area contributed by atoms with Crippen LogP contribution in [0.25, 0.3) is 0 Å². The molecule has 0 unspecified atom stereocenters. The Kier molecular flexibility index (Phi) is 5.98. The molecule has 0 amide bonds. The van der Waals surface area contributed by atoms with Crippen LogP contribution < -0.4 is 5.73 Å². The molecule has 114 valence electrons. The molecule has 1 aliphatic carbocycles. The van der Waals surface area contributed by atoms with Crippen molar-refractivity contribution in [3.8, 4) is 0 Å². The lowest BCUT2D eigenvalue weighted by Crippen LogP contribution is -2.38. The quantitative estimate of drug-likeness (QED) is 0.832. The van der Waals surface area contributed by atoms with Gasteiger partial charge in [-0.25, -0.2) is 9.67 Å². The Morgan fingerprint density at radius 2 is 2.10 bits per heavy atom. The van der Waals surface area contributed by atoms with E-state index >= 15 is 0 Å². The lowest BCUT2D eigenvalue weighted by atomic mass is 9.94. The van der Waals surface area contributed by atoms with Crippen LogP contribution in [-0.2, 0) is 6.54 Å². The molecule has 0 aromatic carbocycles. The molecule has 1 aliphatic rings. The van der Waals surface area contributed by atoms with E-state index in [4.69, 9.17) is 5.73 Å². The molecule has 0 atom stereocenters. The molecular weight excluding hydrogens is 250 g/mol. The minimum atomic E-state index is 0.371. The third-order valence-corrected chi connectivity index (χ3v) is 4.22. The summed E-state index contributed by atoms with van der Waals surface area (Å²) < 4.78 is 2.04. The van der Waals surface area contributed by atoms with Crippen molar-refractivity contribution in [1.29, 1.82) is 0 Å². The Labute approximate surface area is 122 Å². The van der Waals surface area contributed by atoms with Crippen molar-refractivity contribution in [2.75, 3.05) is 13.1 Å². The van der Waals surface area contributed by atoms with Crippen LogP contribution in [0.1, 0.15) is 64.2 Å². The van der Waals surface area contributed by atoms with Crippen molar-refractivity contribution in [2.45, 2.75) is 71.0 Å².